The third kappa shape index (κ3) is 3.67. The Morgan fingerprint density at radius 3 is 2.83 bits per heavy atom. The number of carbonyl (C=O) groups excluding carboxylic acids is 1. The molecule has 1 aliphatic rings. The van der Waals surface area contributed by atoms with Gasteiger partial charge in [-0.1, -0.05) is 13.0 Å². The van der Waals surface area contributed by atoms with E-state index in [0.717, 1.165) is 12.1 Å². The minimum atomic E-state index is -4.44. The molecule has 1 aromatic heterocycles. The van der Waals surface area contributed by atoms with Crippen LogP contribution < -0.4 is 15.0 Å². The second-order valence-electron chi connectivity index (χ2n) is 6.51. The molecule has 0 bridgehead atoms. The van der Waals surface area contributed by atoms with Gasteiger partial charge in [0.25, 0.3) is 0 Å². The number of fused-ring (bicyclic) bond motifs is 2. The number of ether oxygens (including phenoxy) is 1. The first-order valence-electron chi connectivity index (χ1n) is 9.03. The molecule has 0 saturated carbocycles. The van der Waals surface area contributed by atoms with Crippen molar-refractivity contribution in [1.82, 2.24) is 9.97 Å². The molecule has 0 aliphatic carbocycles. The monoisotopic (exact) mass is 402 g/mol. The molecule has 0 radical (unpaired) electrons. The van der Waals surface area contributed by atoms with Crippen molar-refractivity contribution in [3.05, 3.63) is 48.3 Å². The van der Waals surface area contributed by atoms with E-state index in [1.807, 2.05) is 0 Å². The lowest BCUT2D eigenvalue weighted by molar-refractivity contribution is -0.137. The highest BCUT2D eigenvalue weighted by Crippen LogP contribution is 2.38. The molecule has 1 N–H and O–H groups in total. The Labute approximate surface area is 164 Å². The summed E-state index contributed by atoms with van der Waals surface area (Å²) >= 11 is 0. The maximum atomic E-state index is 13.0. The quantitative estimate of drug-likeness (QED) is 0.697. The molecule has 0 fully saturated rings. The Morgan fingerprint density at radius 2 is 2.07 bits per heavy atom. The maximum absolute atomic E-state index is 13.0. The van der Waals surface area contributed by atoms with E-state index in [9.17, 15) is 18.0 Å². The van der Waals surface area contributed by atoms with Crippen molar-refractivity contribution in [3.63, 3.8) is 0 Å². The van der Waals surface area contributed by atoms with Crippen LogP contribution >= 0.6 is 0 Å². The number of benzene rings is 2. The molecule has 6 nitrogen and oxygen atoms in total. The third-order valence-electron chi connectivity index (χ3n) is 4.64. The number of rotatable bonds is 3. The number of nitrogens with one attached hydrogen (secondary N) is 1. The van der Waals surface area contributed by atoms with Gasteiger partial charge in [0.15, 0.2) is 0 Å². The summed E-state index contributed by atoms with van der Waals surface area (Å²) in [5.74, 6) is 0.832. The van der Waals surface area contributed by atoms with Crippen LogP contribution in [0.15, 0.2) is 42.7 Å². The highest BCUT2D eigenvalue weighted by Gasteiger charge is 2.30. The fourth-order valence-corrected chi connectivity index (χ4v) is 3.23. The number of nitrogens with zero attached hydrogens (tertiary/aromatic N) is 3. The normalized spacial score (nSPS) is 13.7. The number of carbonyl (C=O) groups is 1. The van der Waals surface area contributed by atoms with E-state index >= 15 is 0 Å². The van der Waals surface area contributed by atoms with E-state index in [1.54, 1.807) is 24.0 Å². The molecule has 9 heteroatoms. The zero-order chi connectivity index (χ0) is 20.6. The number of halogens is 3. The minimum absolute atomic E-state index is 0.0434. The van der Waals surface area contributed by atoms with Gasteiger partial charge < -0.3 is 15.0 Å². The van der Waals surface area contributed by atoms with Crippen molar-refractivity contribution in [1.29, 1.82) is 0 Å². The fraction of sp³-hybridized carbons (Fsp3) is 0.250. The number of amides is 1. The SMILES string of the molecule is CCC(=O)N1CCOc2cc3ncnc(Nc4cccc(C(F)(F)F)c4)c3cc21. The molecular formula is C20H17F3N4O2. The van der Waals surface area contributed by atoms with Crippen LogP contribution in [-0.4, -0.2) is 29.0 Å². The summed E-state index contributed by atoms with van der Waals surface area (Å²) in [5.41, 5.74) is 0.637. The maximum Gasteiger partial charge on any atom is 0.416 e. The predicted molar refractivity (Wildman–Crippen MR) is 102 cm³/mol. The lowest BCUT2D eigenvalue weighted by Gasteiger charge is -2.29. The molecule has 1 amide bonds. The largest absolute Gasteiger partial charge is 0.489 e. The van der Waals surface area contributed by atoms with Gasteiger partial charge in [-0.25, -0.2) is 9.97 Å². The molecule has 1 aliphatic heterocycles. The molecule has 3 aromatic rings. The minimum Gasteiger partial charge on any atom is -0.489 e. The van der Waals surface area contributed by atoms with Crippen LogP contribution in [0.25, 0.3) is 10.9 Å². The first-order valence-corrected chi connectivity index (χ1v) is 9.03. The Morgan fingerprint density at radius 1 is 1.24 bits per heavy atom. The number of anilines is 3. The van der Waals surface area contributed by atoms with Crippen molar-refractivity contribution in [2.75, 3.05) is 23.4 Å². The summed E-state index contributed by atoms with van der Waals surface area (Å²) in [5, 5.41) is 3.50. The van der Waals surface area contributed by atoms with Crippen LogP contribution in [0.5, 0.6) is 5.75 Å². The lowest BCUT2D eigenvalue weighted by atomic mass is 10.1. The number of hydrogen-bond donors (Lipinski definition) is 1. The van der Waals surface area contributed by atoms with Gasteiger partial charge in [-0.2, -0.15) is 13.2 Å². The molecule has 0 saturated heterocycles. The zero-order valence-corrected chi connectivity index (χ0v) is 15.5. The van der Waals surface area contributed by atoms with E-state index in [4.69, 9.17) is 4.74 Å². The van der Waals surface area contributed by atoms with Gasteiger partial charge >= 0.3 is 6.18 Å². The van der Waals surface area contributed by atoms with Gasteiger partial charge in [-0.05, 0) is 24.3 Å². The average molecular weight is 402 g/mol. The molecule has 0 atom stereocenters. The van der Waals surface area contributed by atoms with Crippen molar-refractivity contribution in [2.24, 2.45) is 0 Å². The topological polar surface area (TPSA) is 67.4 Å². The second kappa shape index (κ2) is 7.23. The van der Waals surface area contributed by atoms with Gasteiger partial charge in [-0.3, -0.25) is 4.79 Å². The third-order valence-corrected chi connectivity index (χ3v) is 4.64. The van der Waals surface area contributed by atoms with Gasteiger partial charge in [0, 0.05) is 23.6 Å². The van der Waals surface area contributed by atoms with Crippen molar-refractivity contribution < 1.29 is 22.7 Å². The summed E-state index contributed by atoms with van der Waals surface area (Å²) in [6, 6.07) is 8.31. The summed E-state index contributed by atoms with van der Waals surface area (Å²) in [6.07, 6.45) is -2.77. The van der Waals surface area contributed by atoms with Crippen molar-refractivity contribution >= 4 is 34.0 Å². The zero-order valence-electron chi connectivity index (χ0n) is 15.5. The predicted octanol–water partition coefficient (Wildman–Crippen LogP) is 4.53. The number of hydrogen-bond acceptors (Lipinski definition) is 5. The fourth-order valence-electron chi connectivity index (χ4n) is 3.23. The van der Waals surface area contributed by atoms with Gasteiger partial charge in [0.1, 0.15) is 24.5 Å². The van der Waals surface area contributed by atoms with Crippen LogP contribution in [0.3, 0.4) is 0 Å². The molecule has 29 heavy (non-hydrogen) atoms. The van der Waals surface area contributed by atoms with E-state index in [2.05, 4.69) is 15.3 Å². The Balaban J connectivity index is 1.77. The summed E-state index contributed by atoms with van der Waals surface area (Å²) < 4.78 is 44.7. The molecule has 2 heterocycles. The second-order valence-corrected chi connectivity index (χ2v) is 6.51. The van der Waals surface area contributed by atoms with Gasteiger partial charge in [-0.15, -0.1) is 0 Å². The lowest BCUT2D eigenvalue weighted by Crippen LogP contribution is -2.37. The molecule has 0 spiro atoms. The van der Waals surface area contributed by atoms with Crippen molar-refractivity contribution in [2.45, 2.75) is 19.5 Å². The Hall–Kier alpha value is -3.36. The van der Waals surface area contributed by atoms with E-state index < -0.39 is 11.7 Å². The molecule has 150 valence electrons. The first kappa shape index (κ1) is 19.0. The number of aromatic nitrogens is 2. The standard InChI is InChI=1S/C20H17F3N4O2/c1-2-18(28)27-6-7-29-17-10-15-14(9-16(17)27)19(25-11-24-15)26-13-5-3-4-12(8-13)20(21,22)23/h3-5,8-11H,2,6-7H2,1H3,(H,24,25,26). The summed E-state index contributed by atoms with van der Waals surface area (Å²) in [4.78, 5) is 22.3. The highest BCUT2D eigenvalue weighted by molar-refractivity contribution is 6.01. The van der Waals surface area contributed by atoms with E-state index in [1.165, 1.54) is 18.5 Å². The first-order chi connectivity index (χ1) is 13.9. The van der Waals surface area contributed by atoms with Crippen molar-refractivity contribution in [3.8, 4) is 5.75 Å². The van der Waals surface area contributed by atoms with Crippen LogP contribution in [0.1, 0.15) is 18.9 Å². The smallest absolute Gasteiger partial charge is 0.416 e. The van der Waals surface area contributed by atoms with Crippen LogP contribution in [-0.2, 0) is 11.0 Å². The van der Waals surface area contributed by atoms with Gasteiger partial charge in [0.2, 0.25) is 5.91 Å². The molecule has 4 rings (SSSR count). The number of alkyl halides is 3. The Bertz CT molecular complexity index is 1080. The van der Waals surface area contributed by atoms with Crippen LogP contribution in [0.4, 0.5) is 30.4 Å². The summed E-state index contributed by atoms with van der Waals surface area (Å²) in [6.45, 7) is 2.59. The molecular weight excluding hydrogens is 385 g/mol. The average Bonchev–Trinajstić information content (AvgIpc) is 2.71. The van der Waals surface area contributed by atoms with Gasteiger partial charge in [0.05, 0.1) is 23.3 Å². The molecule has 0 unspecified atom stereocenters. The Kier molecular flexibility index (Phi) is 4.73. The van der Waals surface area contributed by atoms with E-state index in [-0.39, 0.29) is 11.6 Å². The summed E-state index contributed by atoms with van der Waals surface area (Å²) in [7, 11) is 0. The van der Waals surface area contributed by atoms with Crippen LogP contribution in [0, 0.1) is 0 Å². The highest BCUT2D eigenvalue weighted by atomic mass is 19.4. The molecule has 2 aromatic carbocycles. The van der Waals surface area contributed by atoms with E-state index in [0.29, 0.717) is 47.7 Å². The van der Waals surface area contributed by atoms with Crippen LogP contribution in [0.2, 0.25) is 0 Å².